The lowest BCUT2D eigenvalue weighted by molar-refractivity contribution is -0.137. The van der Waals surface area contributed by atoms with Crippen molar-refractivity contribution in [2.45, 2.75) is 76.8 Å². The molecule has 14 nitrogen and oxygen atoms in total. The van der Waals surface area contributed by atoms with Crippen LogP contribution in [0.3, 0.4) is 0 Å². The molecule has 3 aliphatic rings. The predicted molar refractivity (Wildman–Crippen MR) is 231 cm³/mol. The van der Waals surface area contributed by atoms with E-state index in [0.717, 1.165) is 92.0 Å². The Morgan fingerprint density at radius 2 is 1.77 bits per heavy atom. The summed E-state index contributed by atoms with van der Waals surface area (Å²) in [5.74, 6) is 1.97. The lowest BCUT2D eigenvalue weighted by Gasteiger charge is -2.32. The number of rotatable bonds is 10. The molecule has 3 amide bonds. The molecule has 0 aliphatic carbocycles. The maximum absolute atomic E-state index is 14.0. The highest BCUT2D eigenvalue weighted by atomic mass is 16.5. The SMILES string of the molecule is COC[C@H]1C[C@@H](c2ncc(-c3ccc4c(c3)COc3cc5c(ccc6[nH]c([C@@H]7CC[C@H](C)N7C(=O)[C@@H](NC(=O)OC)C(C)C)nc65)cc3-4)[nH]2)N(C(=O)[C@H](N)c2ccccc2)C1. The van der Waals surface area contributed by atoms with Gasteiger partial charge in [-0.3, -0.25) is 9.59 Å². The first-order valence-electron chi connectivity index (χ1n) is 21.1. The van der Waals surface area contributed by atoms with Crippen LogP contribution < -0.4 is 15.8 Å². The molecule has 316 valence electrons. The summed E-state index contributed by atoms with van der Waals surface area (Å²) in [4.78, 5) is 60.7. The molecular weight excluding hydrogens is 773 g/mol. The second-order valence-electron chi connectivity index (χ2n) is 17.0. The summed E-state index contributed by atoms with van der Waals surface area (Å²) in [6, 6.07) is 22.1. The normalized spacial score (nSPS) is 20.7. The quantitative estimate of drug-likeness (QED) is 0.110. The highest BCUT2D eigenvalue weighted by molar-refractivity contribution is 6.07. The monoisotopic (exact) mass is 824 g/mol. The van der Waals surface area contributed by atoms with E-state index >= 15 is 0 Å². The number of nitrogens with two attached hydrogens (primary N) is 1. The lowest BCUT2D eigenvalue weighted by atomic mass is 9.92. The number of carbonyl (C=O) groups is 3. The molecule has 9 rings (SSSR count). The summed E-state index contributed by atoms with van der Waals surface area (Å²) >= 11 is 0. The Morgan fingerprint density at radius 1 is 0.951 bits per heavy atom. The Morgan fingerprint density at radius 3 is 2.54 bits per heavy atom. The average molecular weight is 825 g/mol. The van der Waals surface area contributed by atoms with Crippen molar-refractivity contribution in [1.29, 1.82) is 0 Å². The molecule has 2 aromatic heterocycles. The zero-order chi connectivity index (χ0) is 42.5. The molecular formula is C47H52N8O6. The Balaban J connectivity index is 0.973. The third-order valence-electron chi connectivity index (χ3n) is 12.7. The minimum absolute atomic E-state index is 0.0220. The largest absolute Gasteiger partial charge is 0.488 e. The molecule has 0 spiro atoms. The van der Waals surface area contributed by atoms with Gasteiger partial charge in [0.15, 0.2) is 0 Å². The maximum Gasteiger partial charge on any atom is 0.407 e. The van der Waals surface area contributed by atoms with Gasteiger partial charge in [-0.15, -0.1) is 0 Å². The second-order valence-corrected chi connectivity index (χ2v) is 17.0. The van der Waals surface area contributed by atoms with Gasteiger partial charge in [0.1, 0.15) is 36.1 Å². The van der Waals surface area contributed by atoms with Gasteiger partial charge < -0.3 is 45.0 Å². The molecule has 4 aromatic carbocycles. The third kappa shape index (κ3) is 7.37. The van der Waals surface area contributed by atoms with E-state index in [1.165, 1.54) is 7.11 Å². The van der Waals surface area contributed by atoms with Gasteiger partial charge >= 0.3 is 6.09 Å². The molecule has 61 heavy (non-hydrogen) atoms. The lowest BCUT2D eigenvalue weighted by Crippen LogP contribution is -2.52. The highest BCUT2D eigenvalue weighted by Gasteiger charge is 2.42. The minimum Gasteiger partial charge on any atom is -0.488 e. The topological polar surface area (TPSA) is 181 Å². The summed E-state index contributed by atoms with van der Waals surface area (Å²) < 4.78 is 16.8. The number of nitrogens with one attached hydrogen (secondary N) is 3. The Kier molecular flexibility index (Phi) is 10.7. The number of likely N-dealkylation sites (tertiary alicyclic amines) is 2. The van der Waals surface area contributed by atoms with Crippen LogP contribution in [-0.4, -0.2) is 87.1 Å². The number of amides is 3. The van der Waals surface area contributed by atoms with E-state index in [0.29, 0.717) is 19.8 Å². The fourth-order valence-electron chi connectivity index (χ4n) is 9.53. The summed E-state index contributed by atoms with van der Waals surface area (Å²) in [6.07, 6.45) is 3.49. The molecule has 0 bridgehead atoms. The number of nitrogens with zero attached hydrogens (tertiary/aromatic N) is 4. The molecule has 0 radical (unpaired) electrons. The van der Waals surface area contributed by atoms with E-state index in [1.807, 2.05) is 73.2 Å². The van der Waals surface area contributed by atoms with Crippen LogP contribution in [0.5, 0.6) is 5.75 Å². The minimum atomic E-state index is -0.770. The standard InChI is InChI=1S/C47H52N8O6/c1-25(2)41(53-47(58)60-5)46(57)55-26(3)11-16-37(55)44-50-35-15-13-29-19-34-32-14-12-30(18-31(32)24-61-39(34)20-33(29)42(35)52-44)36-21-49-43(51-36)38-17-27(23-59-4)22-54(38)45(56)40(48)28-9-7-6-8-10-28/h6-10,12-15,18-21,25-27,37-38,40-41H,11,16-17,22-24,48H2,1-5H3,(H,49,51)(H,50,52)(H,53,58)/t26-,27-,37-,38-,40+,41-/m0/s1. The number of imidazole rings is 2. The number of hydrogen-bond donors (Lipinski definition) is 4. The number of aromatic nitrogens is 4. The van der Waals surface area contributed by atoms with Crippen molar-refractivity contribution in [1.82, 2.24) is 35.1 Å². The molecule has 3 aliphatic heterocycles. The number of fused-ring (bicyclic) bond motifs is 6. The first-order chi connectivity index (χ1) is 29.5. The second kappa shape index (κ2) is 16.3. The Labute approximate surface area is 354 Å². The van der Waals surface area contributed by atoms with Crippen LogP contribution in [0.2, 0.25) is 0 Å². The maximum atomic E-state index is 14.0. The van der Waals surface area contributed by atoms with Gasteiger partial charge in [-0.2, -0.15) is 0 Å². The molecule has 2 saturated heterocycles. The van der Waals surface area contributed by atoms with Crippen LogP contribution in [0.1, 0.15) is 80.9 Å². The number of alkyl carbamates (subject to hydrolysis) is 1. The molecule has 6 atom stereocenters. The fraction of sp³-hybridized carbons (Fsp3) is 0.383. The van der Waals surface area contributed by atoms with Crippen molar-refractivity contribution in [2.75, 3.05) is 27.4 Å². The highest BCUT2D eigenvalue weighted by Crippen LogP contribution is 2.44. The average Bonchev–Trinajstić information content (AvgIpc) is 4.10. The van der Waals surface area contributed by atoms with Crippen molar-refractivity contribution in [3.8, 4) is 28.1 Å². The van der Waals surface area contributed by atoms with Crippen molar-refractivity contribution in [3.63, 3.8) is 0 Å². The van der Waals surface area contributed by atoms with Crippen LogP contribution in [0.4, 0.5) is 4.79 Å². The van der Waals surface area contributed by atoms with Crippen molar-refractivity contribution in [2.24, 2.45) is 17.6 Å². The van der Waals surface area contributed by atoms with Gasteiger partial charge in [-0.1, -0.05) is 62.4 Å². The van der Waals surface area contributed by atoms with Crippen LogP contribution in [0.15, 0.2) is 79.0 Å². The number of carbonyl (C=O) groups excluding carboxylic acids is 3. The van der Waals surface area contributed by atoms with Gasteiger partial charge in [-0.25, -0.2) is 14.8 Å². The molecule has 2 fully saturated rings. The number of aromatic amines is 2. The molecule has 0 saturated carbocycles. The number of ether oxygens (including phenoxy) is 3. The fourth-order valence-corrected chi connectivity index (χ4v) is 9.53. The van der Waals surface area contributed by atoms with Crippen molar-refractivity contribution < 1.29 is 28.6 Å². The van der Waals surface area contributed by atoms with Crippen LogP contribution in [-0.2, 0) is 25.7 Å². The van der Waals surface area contributed by atoms with Crippen LogP contribution in [0, 0.1) is 11.8 Å². The Bertz CT molecular complexity index is 2620. The van der Waals surface area contributed by atoms with E-state index in [9.17, 15) is 14.4 Å². The zero-order valence-electron chi connectivity index (χ0n) is 35.1. The number of hydrogen-bond acceptors (Lipinski definition) is 9. The Hall–Kier alpha value is -6.25. The van der Waals surface area contributed by atoms with Crippen LogP contribution in [0.25, 0.3) is 44.2 Å². The summed E-state index contributed by atoms with van der Waals surface area (Å²) in [7, 11) is 2.98. The summed E-state index contributed by atoms with van der Waals surface area (Å²) in [5.41, 5.74) is 13.9. The van der Waals surface area contributed by atoms with Crippen LogP contribution >= 0.6 is 0 Å². The number of H-pyrrole nitrogens is 2. The smallest absolute Gasteiger partial charge is 0.407 e. The van der Waals surface area contributed by atoms with Gasteiger partial charge in [0.2, 0.25) is 11.8 Å². The van der Waals surface area contributed by atoms with Gasteiger partial charge in [0.25, 0.3) is 0 Å². The van der Waals surface area contributed by atoms with E-state index < -0.39 is 18.2 Å². The summed E-state index contributed by atoms with van der Waals surface area (Å²) in [5, 5.41) is 4.72. The van der Waals surface area contributed by atoms with Gasteiger partial charge in [0, 0.05) is 36.6 Å². The number of benzene rings is 4. The molecule has 5 N–H and O–H groups in total. The predicted octanol–water partition coefficient (Wildman–Crippen LogP) is 7.33. The summed E-state index contributed by atoms with van der Waals surface area (Å²) in [6.45, 7) is 7.34. The number of methoxy groups -OCH3 is 2. The molecule has 14 heteroatoms. The zero-order valence-corrected chi connectivity index (χ0v) is 35.1. The molecule has 6 aromatic rings. The molecule has 0 unspecified atom stereocenters. The van der Waals surface area contributed by atoms with E-state index in [4.69, 9.17) is 29.9 Å². The molecule has 5 heterocycles. The van der Waals surface area contributed by atoms with Gasteiger partial charge in [0.05, 0.1) is 48.7 Å². The van der Waals surface area contributed by atoms with E-state index in [2.05, 4.69) is 51.7 Å². The third-order valence-corrected chi connectivity index (χ3v) is 12.7. The van der Waals surface area contributed by atoms with E-state index in [-0.39, 0.29) is 41.8 Å². The first-order valence-corrected chi connectivity index (χ1v) is 21.1. The first kappa shape index (κ1) is 40.2. The van der Waals surface area contributed by atoms with Gasteiger partial charge in [-0.05, 0) is 84.0 Å². The van der Waals surface area contributed by atoms with Crippen molar-refractivity contribution in [3.05, 3.63) is 102 Å². The van der Waals surface area contributed by atoms with Crippen molar-refractivity contribution >= 4 is 39.7 Å². The van der Waals surface area contributed by atoms with E-state index in [1.54, 1.807) is 7.11 Å².